The summed E-state index contributed by atoms with van der Waals surface area (Å²) < 4.78 is 1.90. The van der Waals surface area contributed by atoms with Crippen LogP contribution in [0.5, 0.6) is 0 Å². The minimum atomic E-state index is -0.233. The fraction of sp³-hybridized carbons (Fsp3) is 0.500. The zero-order valence-electron chi connectivity index (χ0n) is 17.4. The average molecular weight is 454 g/mol. The number of amides is 1. The molecular weight excluding hydrogens is 425 g/mol. The van der Waals surface area contributed by atoms with Crippen LogP contribution < -0.4 is 10.6 Å². The van der Waals surface area contributed by atoms with Crippen molar-refractivity contribution in [2.75, 3.05) is 13.1 Å². The normalized spacial score (nSPS) is 15.5. The number of nitrogens with zero attached hydrogens (tertiary/aromatic N) is 4. The monoisotopic (exact) mass is 453 g/mol. The van der Waals surface area contributed by atoms with Crippen LogP contribution in [0.1, 0.15) is 60.8 Å². The molecule has 10 heteroatoms. The van der Waals surface area contributed by atoms with E-state index in [1.165, 1.54) is 0 Å². The minimum Gasteiger partial charge on any atom is -0.340 e. The molecule has 2 aromatic heterocycles. The second-order valence-corrected chi connectivity index (χ2v) is 7.78. The van der Waals surface area contributed by atoms with Crippen molar-refractivity contribution in [1.82, 2.24) is 35.6 Å². The van der Waals surface area contributed by atoms with Gasteiger partial charge in [-0.2, -0.15) is 0 Å². The summed E-state index contributed by atoms with van der Waals surface area (Å²) in [6.45, 7) is 7.98. The number of carbonyl (C=O) groups is 1. The number of rotatable bonds is 5. The van der Waals surface area contributed by atoms with Gasteiger partial charge in [-0.3, -0.25) is 4.79 Å². The van der Waals surface area contributed by atoms with Crippen LogP contribution in [-0.4, -0.2) is 44.0 Å². The van der Waals surface area contributed by atoms with Crippen molar-refractivity contribution in [3.63, 3.8) is 0 Å². The number of imidazole rings is 1. The first kappa shape index (κ1) is 24.1. The molecule has 8 nitrogen and oxygen atoms in total. The first-order valence-electron chi connectivity index (χ1n) is 9.92. The van der Waals surface area contributed by atoms with E-state index >= 15 is 0 Å². The summed E-state index contributed by atoms with van der Waals surface area (Å²) in [7, 11) is 0. The first-order chi connectivity index (χ1) is 13.5. The van der Waals surface area contributed by atoms with E-state index in [0.29, 0.717) is 11.7 Å². The lowest BCUT2D eigenvalue weighted by molar-refractivity contribution is 0.0917. The van der Waals surface area contributed by atoms with E-state index in [0.717, 1.165) is 48.5 Å². The molecule has 3 N–H and O–H groups in total. The molecule has 1 saturated heterocycles. The lowest BCUT2D eigenvalue weighted by Gasteiger charge is -2.23. The van der Waals surface area contributed by atoms with Gasteiger partial charge >= 0.3 is 0 Å². The number of H-pyrrole nitrogens is 1. The highest BCUT2D eigenvalue weighted by molar-refractivity contribution is 5.93. The van der Waals surface area contributed by atoms with Gasteiger partial charge < -0.3 is 15.6 Å². The summed E-state index contributed by atoms with van der Waals surface area (Å²) in [6.07, 6.45) is 2.00. The molecular formula is C20H29Cl2N7O. The standard InChI is InChI=1S/C20H27N7O.2ClH/c1-12(2)17(19-22-15-6-4-5-7-16(15)23-19)24-20(28)18-13(3)27(26-25-18)14-8-10-21-11-9-14;;/h4-7,12,14,17,21H,8-11H2,1-3H3,(H,22,23)(H,24,28);2*1H. The minimum absolute atomic E-state index is 0. The van der Waals surface area contributed by atoms with Gasteiger partial charge in [-0.05, 0) is 50.9 Å². The van der Waals surface area contributed by atoms with Crippen LogP contribution in [0.4, 0.5) is 0 Å². The third-order valence-electron chi connectivity index (χ3n) is 5.45. The Morgan fingerprint density at radius 3 is 2.57 bits per heavy atom. The lowest BCUT2D eigenvalue weighted by atomic mass is 10.0. The molecule has 1 atom stereocenters. The number of nitrogens with one attached hydrogen (secondary N) is 3. The highest BCUT2D eigenvalue weighted by Gasteiger charge is 2.27. The Labute approximate surface area is 188 Å². The van der Waals surface area contributed by atoms with Crippen molar-refractivity contribution in [2.45, 2.75) is 45.7 Å². The molecule has 0 spiro atoms. The van der Waals surface area contributed by atoms with E-state index in [4.69, 9.17) is 0 Å². The van der Waals surface area contributed by atoms with Crippen molar-refractivity contribution in [1.29, 1.82) is 0 Å². The Kier molecular flexibility index (Phi) is 8.23. The summed E-state index contributed by atoms with van der Waals surface area (Å²) >= 11 is 0. The molecule has 0 saturated carbocycles. The highest BCUT2D eigenvalue weighted by Crippen LogP contribution is 2.24. The summed E-state index contributed by atoms with van der Waals surface area (Å²) in [5.74, 6) is 0.717. The molecule has 3 heterocycles. The van der Waals surface area contributed by atoms with Gasteiger partial charge in [0.15, 0.2) is 5.69 Å². The van der Waals surface area contributed by atoms with Gasteiger partial charge in [0.25, 0.3) is 5.91 Å². The summed E-state index contributed by atoms with van der Waals surface area (Å²) in [5.41, 5.74) is 3.06. The van der Waals surface area contributed by atoms with E-state index in [2.05, 4.69) is 44.8 Å². The van der Waals surface area contributed by atoms with Crippen molar-refractivity contribution in [2.24, 2.45) is 5.92 Å². The second kappa shape index (κ2) is 10.2. The van der Waals surface area contributed by atoms with Gasteiger partial charge in [0.05, 0.1) is 28.8 Å². The summed E-state index contributed by atoms with van der Waals surface area (Å²) in [6, 6.07) is 7.94. The van der Waals surface area contributed by atoms with Crippen LogP contribution in [0, 0.1) is 12.8 Å². The Hall–Kier alpha value is -2.16. The Morgan fingerprint density at radius 2 is 1.90 bits per heavy atom. The fourth-order valence-electron chi connectivity index (χ4n) is 3.83. The quantitative estimate of drug-likeness (QED) is 0.549. The molecule has 3 aromatic rings. The number of aromatic amines is 1. The Balaban J connectivity index is 0.00000160. The molecule has 0 aliphatic carbocycles. The fourth-order valence-corrected chi connectivity index (χ4v) is 3.83. The zero-order valence-corrected chi connectivity index (χ0v) is 19.0. The molecule has 1 fully saturated rings. The third kappa shape index (κ3) is 4.77. The number of hydrogen-bond donors (Lipinski definition) is 3. The number of benzene rings is 1. The summed E-state index contributed by atoms with van der Waals surface area (Å²) in [5, 5.41) is 14.9. The maximum atomic E-state index is 13.0. The molecule has 1 aromatic carbocycles. The molecule has 1 aliphatic rings. The maximum Gasteiger partial charge on any atom is 0.274 e. The predicted molar refractivity (Wildman–Crippen MR) is 122 cm³/mol. The predicted octanol–water partition coefficient (Wildman–Crippen LogP) is 3.36. The highest BCUT2D eigenvalue weighted by atomic mass is 35.5. The van der Waals surface area contributed by atoms with Gasteiger partial charge in [0, 0.05) is 0 Å². The summed E-state index contributed by atoms with van der Waals surface area (Å²) in [4.78, 5) is 21.0. The molecule has 164 valence electrons. The van der Waals surface area contributed by atoms with Crippen LogP contribution in [0.15, 0.2) is 24.3 Å². The molecule has 0 bridgehead atoms. The van der Waals surface area contributed by atoms with Crippen LogP contribution in [-0.2, 0) is 0 Å². The van der Waals surface area contributed by atoms with Crippen molar-refractivity contribution >= 4 is 41.8 Å². The molecule has 30 heavy (non-hydrogen) atoms. The number of carbonyl (C=O) groups excluding carboxylic acids is 1. The Bertz CT molecular complexity index is 946. The maximum absolute atomic E-state index is 13.0. The van der Waals surface area contributed by atoms with E-state index in [9.17, 15) is 4.79 Å². The lowest BCUT2D eigenvalue weighted by Crippen LogP contribution is -2.33. The van der Waals surface area contributed by atoms with Gasteiger partial charge in [-0.25, -0.2) is 9.67 Å². The van der Waals surface area contributed by atoms with E-state index in [-0.39, 0.29) is 42.7 Å². The number of aromatic nitrogens is 5. The number of piperidine rings is 1. The van der Waals surface area contributed by atoms with Gasteiger partial charge in [-0.15, -0.1) is 29.9 Å². The van der Waals surface area contributed by atoms with Gasteiger partial charge in [-0.1, -0.05) is 31.2 Å². The van der Waals surface area contributed by atoms with E-state index < -0.39 is 0 Å². The second-order valence-electron chi connectivity index (χ2n) is 7.78. The molecule has 1 unspecified atom stereocenters. The molecule has 0 radical (unpaired) electrons. The molecule has 1 amide bonds. The van der Waals surface area contributed by atoms with Crippen molar-refractivity contribution in [3.05, 3.63) is 41.5 Å². The third-order valence-corrected chi connectivity index (χ3v) is 5.45. The average Bonchev–Trinajstić information content (AvgIpc) is 3.29. The van der Waals surface area contributed by atoms with Crippen LogP contribution in [0.3, 0.4) is 0 Å². The number of para-hydroxylation sites is 2. The smallest absolute Gasteiger partial charge is 0.274 e. The number of fused-ring (bicyclic) bond motifs is 1. The van der Waals surface area contributed by atoms with Gasteiger partial charge in [0.1, 0.15) is 5.82 Å². The topological polar surface area (TPSA) is 101 Å². The van der Waals surface area contributed by atoms with Gasteiger partial charge in [0.2, 0.25) is 0 Å². The van der Waals surface area contributed by atoms with E-state index in [1.54, 1.807) is 0 Å². The Morgan fingerprint density at radius 1 is 1.20 bits per heavy atom. The number of hydrogen-bond acceptors (Lipinski definition) is 5. The zero-order chi connectivity index (χ0) is 19.7. The van der Waals surface area contributed by atoms with E-state index in [1.807, 2.05) is 35.9 Å². The molecule has 1 aliphatic heterocycles. The SMILES string of the molecule is Cc1c(C(=O)NC(c2nc3ccccc3[nH]2)C(C)C)nnn1C1CCNCC1.Cl.Cl. The van der Waals surface area contributed by atoms with Crippen molar-refractivity contribution < 1.29 is 4.79 Å². The van der Waals surface area contributed by atoms with Crippen LogP contribution >= 0.6 is 24.8 Å². The number of halogens is 2. The first-order valence-corrected chi connectivity index (χ1v) is 9.92. The largest absolute Gasteiger partial charge is 0.340 e. The van der Waals surface area contributed by atoms with Crippen molar-refractivity contribution in [3.8, 4) is 0 Å². The van der Waals surface area contributed by atoms with Crippen LogP contribution in [0.25, 0.3) is 11.0 Å². The molecule has 4 rings (SSSR count). The van der Waals surface area contributed by atoms with Crippen LogP contribution in [0.2, 0.25) is 0 Å².